The number of aromatic nitrogens is 3. The Morgan fingerprint density at radius 3 is 2.37 bits per heavy atom. The van der Waals surface area contributed by atoms with Crippen molar-refractivity contribution in [1.82, 2.24) is 19.7 Å². The summed E-state index contributed by atoms with van der Waals surface area (Å²) in [5.74, 6) is -1.22. The second kappa shape index (κ2) is 15.1. The number of esters is 3. The zero-order valence-corrected chi connectivity index (χ0v) is 30.4. The van der Waals surface area contributed by atoms with Crippen LogP contribution in [-0.2, 0) is 47.2 Å². The molecule has 0 radical (unpaired) electrons. The standard InChI is InChI=1S/C33H44N5O12P/c1-8-25(39)46-28-27(23-14-15-24-29(34)35-18-36-38(23)24)48-32(6)31(33(28,32)47-26(40)9-2)50-51(42,37-20(5)30(41)45-19(3)4)49-22-12-10-21(11-13-22)44-17-16-43-7/h10-15,18-20,27-28,31H,8-9,16-17H2,1-7H3,(H,37,42)(H2,34,35,36)/t20-,27-,28-,31?,32+,33+,51?/m0/s1. The molecular weight excluding hydrogens is 689 g/mol. The van der Waals surface area contributed by atoms with Crippen molar-refractivity contribution in [2.24, 2.45) is 0 Å². The van der Waals surface area contributed by atoms with Crippen molar-refractivity contribution in [2.75, 3.05) is 26.1 Å². The summed E-state index contributed by atoms with van der Waals surface area (Å²) < 4.78 is 63.0. The molecule has 51 heavy (non-hydrogen) atoms. The van der Waals surface area contributed by atoms with Crippen LogP contribution in [0.3, 0.4) is 0 Å². The van der Waals surface area contributed by atoms with Crippen LogP contribution >= 0.6 is 7.75 Å². The Bertz CT molecular complexity index is 1790. The first kappa shape index (κ1) is 38.0. The molecular formula is C33H44N5O12P. The molecule has 1 aliphatic heterocycles. The number of rotatable bonds is 17. The van der Waals surface area contributed by atoms with Crippen molar-refractivity contribution in [1.29, 1.82) is 0 Å². The molecule has 2 aliphatic rings. The van der Waals surface area contributed by atoms with Gasteiger partial charge < -0.3 is 38.7 Å². The van der Waals surface area contributed by atoms with Crippen molar-refractivity contribution in [3.05, 3.63) is 48.4 Å². The maximum atomic E-state index is 14.8. The summed E-state index contributed by atoms with van der Waals surface area (Å²) in [6.45, 7) is 10.2. The first-order valence-electron chi connectivity index (χ1n) is 16.6. The zero-order valence-electron chi connectivity index (χ0n) is 29.5. The third-order valence-corrected chi connectivity index (χ3v) is 10.1. The number of nitrogens with zero attached hydrogens (tertiary/aromatic N) is 3. The van der Waals surface area contributed by atoms with Gasteiger partial charge in [0.1, 0.15) is 53.8 Å². The SMILES string of the molecule is CCC(=O)O[C@H]1[C@H](c2ccc3c(N)ncnn23)O[C@]2(C)C(OP(=O)(N[C@@H](C)C(=O)OC(C)C)Oc3ccc(OCCOC)cc3)[C@]12OC(=O)CC. The van der Waals surface area contributed by atoms with Crippen molar-refractivity contribution in [3.8, 4) is 11.5 Å². The molecule has 278 valence electrons. The number of hydrogen-bond acceptors (Lipinski definition) is 15. The average molecular weight is 734 g/mol. The molecule has 17 nitrogen and oxygen atoms in total. The topological polar surface area (TPSA) is 210 Å². The summed E-state index contributed by atoms with van der Waals surface area (Å²) >= 11 is 0. The summed E-state index contributed by atoms with van der Waals surface area (Å²) in [5, 5.41) is 6.95. The molecule has 0 amide bonds. The summed E-state index contributed by atoms with van der Waals surface area (Å²) in [7, 11) is -3.02. The maximum Gasteiger partial charge on any atom is 0.459 e. The third kappa shape index (κ3) is 7.53. The van der Waals surface area contributed by atoms with Crippen LogP contribution in [0.4, 0.5) is 5.82 Å². The zero-order chi connectivity index (χ0) is 37.1. The molecule has 2 unspecified atom stereocenters. The summed E-state index contributed by atoms with van der Waals surface area (Å²) in [6.07, 6.45) is -2.96. The molecule has 3 heterocycles. The van der Waals surface area contributed by atoms with Gasteiger partial charge in [-0.2, -0.15) is 10.2 Å². The van der Waals surface area contributed by atoms with Gasteiger partial charge in [0.05, 0.1) is 18.4 Å². The predicted octanol–water partition coefficient (Wildman–Crippen LogP) is 3.70. The molecule has 0 bridgehead atoms. The lowest BCUT2D eigenvalue weighted by Crippen LogP contribution is -2.43. The minimum Gasteiger partial charge on any atom is -0.491 e. The Morgan fingerprint density at radius 1 is 1.04 bits per heavy atom. The van der Waals surface area contributed by atoms with E-state index in [0.717, 1.165) is 0 Å². The highest BCUT2D eigenvalue weighted by molar-refractivity contribution is 7.52. The number of nitrogen functional groups attached to an aromatic ring is 1. The van der Waals surface area contributed by atoms with E-state index in [0.29, 0.717) is 30.2 Å². The van der Waals surface area contributed by atoms with Crippen LogP contribution in [0.1, 0.15) is 66.2 Å². The molecule has 18 heteroatoms. The van der Waals surface area contributed by atoms with Gasteiger partial charge in [-0.05, 0) is 64.1 Å². The van der Waals surface area contributed by atoms with Crippen LogP contribution in [0.2, 0.25) is 0 Å². The van der Waals surface area contributed by atoms with Crippen LogP contribution in [0.15, 0.2) is 42.7 Å². The Kier molecular flexibility index (Phi) is 11.3. The summed E-state index contributed by atoms with van der Waals surface area (Å²) in [6, 6.07) is 8.36. The Morgan fingerprint density at radius 2 is 1.73 bits per heavy atom. The summed E-state index contributed by atoms with van der Waals surface area (Å²) in [4.78, 5) is 42.9. The third-order valence-electron chi connectivity index (χ3n) is 8.48. The number of nitrogens with one attached hydrogen (secondary N) is 1. The van der Waals surface area contributed by atoms with Crippen LogP contribution in [0.25, 0.3) is 5.52 Å². The second-order valence-corrected chi connectivity index (χ2v) is 14.1. The fourth-order valence-corrected chi connectivity index (χ4v) is 7.71. The highest BCUT2D eigenvalue weighted by Crippen LogP contribution is 2.71. The number of anilines is 1. The highest BCUT2D eigenvalue weighted by Gasteiger charge is 2.91. The van der Waals surface area contributed by atoms with Gasteiger partial charge in [0.2, 0.25) is 5.60 Å². The van der Waals surface area contributed by atoms with Crippen molar-refractivity contribution in [3.63, 3.8) is 0 Å². The van der Waals surface area contributed by atoms with E-state index in [2.05, 4.69) is 15.2 Å². The molecule has 3 aromatic rings. The molecule has 7 atom stereocenters. The fraction of sp³-hybridized carbons (Fsp3) is 0.545. The maximum absolute atomic E-state index is 14.8. The minimum atomic E-state index is -4.58. The molecule has 2 aromatic heterocycles. The number of benzene rings is 1. The van der Waals surface area contributed by atoms with E-state index in [4.69, 9.17) is 43.2 Å². The monoisotopic (exact) mass is 733 g/mol. The number of ether oxygens (including phenoxy) is 6. The van der Waals surface area contributed by atoms with Crippen molar-refractivity contribution >= 4 is 37.0 Å². The molecule has 1 saturated carbocycles. The first-order valence-corrected chi connectivity index (χ1v) is 18.1. The van der Waals surface area contributed by atoms with E-state index in [1.165, 1.54) is 29.9 Å². The van der Waals surface area contributed by atoms with E-state index in [-0.39, 0.29) is 24.4 Å². The van der Waals surface area contributed by atoms with Gasteiger partial charge >= 0.3 is 25.7 Å². The van der Waals surface area contributed by atoms with E-state index < -0.39 is 67.3 Å². The van der Waals surface area contributed by atoms with Crippen LogP contribution in [-0.4, -0.2) is 88.4 Å². The molecule has 0 spiro atoms. The quantitative estimate of drug-likeness (QED) is 0.0877. The number of fused-ring (bicyclic) bond motifs is 2. The molecule has 3 N–H and O–H groups in total. The van der Waals surface area contributed by atoms with Crippen LogP contribution < -0.4 is 20.1 Å². The van der Waals surface area contributed by atoms with Gasteiger partial charge in [0.15, 0.2) is 11.9 Å². The smallest absolute Gasteiger partial charge is 0.459 e. The lowest BCUT2D eigenvalue weighted by atomic mass is 10.0. The second-order valence-electron chi connectivity index (χ2n) is 12.5. The van der Waals surface area contributed by atoms with Gasteiger partial charge in [-0.15, -0.1) is 0 Å². The predicted molar refractivity (Wildman–Crippen MR) is 180 cm³/mol. The number of methoxy groups -OCH3 is 1. The van der Waals surface area contributed by atoms with E-state index in [1.54, 1.807) is 66.0 Å². The molecule has 1 aliphatic carbocycles. The Balaban J connectivity index is 1.53. The number of nitrogens with two attached hydrogens (primary N) is 1. The van der Waals surface area contributed by atoms with E-state index in [9.17, 15) is 18.9 Å². The van der Waals surface area contributed by atoms with Gasteiger partial charge in [-0.3, -0.25) is 18.9 Å². The Hall–Kier alpha value is -4.28. The van der Waals surface area contributed by atoms with Crippen molar-refractivity contribution in [2.45, 2.75) is 96.0 Å². The average Bonchev–Trinajstić information content (AvgIpc) is 3.35. The molecule has 1 saturated heterocycles. The normalized spacial score (nSPS) is 25.5. The van der Waals surface area contributed by atoms with E-state index in [1.807, 2.05) is 0 Å². The number of carbonyl (C=O) groups is 3. The fourth-order valence-electron chi connectivity index (χ4n) is 5.93. The van der Waals surface area contributed by atoms with Gasteiger partial charge in [0, 0.05) is 20.0 Å². The summed E-state index contributed by atoms with van der Waals surface area (Å²) in [5.41, 5.74) is 3.59. The molecule has 2 fully saturated rings. The van der Waals surface area contributed by atoms with Gasteiger partial charge in [0.25, 0.3) is 0 Å². The Labute approximate surface area is 294 Å². The van der Waals surface area contributed by atoms with Gasteiger partial charge in [-0.25, -0.2) is 14.1 Å². The largest absolute Gasteiger partial charge is 0.491 e. The molecule has 1 aromatic carbocycles. The highest BCUT2D eigenvalue weighted by atomic mass is 31.2. The van der Waals surface area contributed by atoms with E-state index >= 15 is 0 Å². The number of hydrogen-bond donors (Lipinski definition) is 2. The molecule has 5 rings (SSSR count). The van der Waals surface area contributed by atoms with Crippen molar-refractivity contribution < 1.29 is 56.4 Å². The first-order chi connectivity index (χ1) is 24.2. The minimum absolute atomic E-state index is 0.0168. The van der Waals surface area contributed by atoms with Crippen LogP contribution in [0.5, 0.6) is 11.5 Å². The van der Waals surface area contributed by atoms with Gasteiger partial charge in [-0.1, -0.05) is 13.8 Å². The lowest BCUT2D eigenvalue weighted by Gasteiger charge is -2.30. The lowest BCUT2D eigenvalue weighted by molar-refractivity contribution is -0.177. The number of carbonyl (C=O) groups excluding carboxylic acids is 3. The van der Waals surface area contributed by atoms with Crippen LogP contribution in [0, 0.1) is 0 Å².